The minimum atomic E-state index is -1.07. The predicted molar refractivity (Wildman–Crippen MR) is 53.7 cm³/mol. The molecule has 1 rings (SSSR count). The quantitative estimate of drug-likeness (QED) is 0.520. The second-order valence-corrected chi connectivity index (χ2v) is 3.26. The number of imidazole rings is 1. The molecule has 0 saturated carbocycles. The van der Waals surface area contributed by atoms with Crippen LogP contribution in [0, 0.1) is 10.1 Å². The largest absolute Gasteiger partial charge is 0.480 e. The van der Waals surface area contributed by atoms with Crippen LogP contribution in [0.5, 0.6) is 0 Å². The van der Waals surface area contributed by atoms with Crippen LogP contribution < -0.4 is 5.73 Å². The average molecular weight is 228 g/mol. The van der Waals surface area contributed by atoms with Crippen LogP contribution in [0.4, 0.5) is 5.95 Å². The van der Waals surface area contributed by atoms with E-state index >= 15 is 0 Å². The van der Waals surface area contributed by atoms with Crippen molar-refractivity contribution in [2.24, 2.45) is 5.73 Å². The minimum Gasteiger partial charge on any atom is -0.480 e. The van der Waals surface area contributed by atoms with E-state index in [-0.39, 0.29) is 12.4 Å². The molecule has 0 saturated heterocycles. The van der Waals surface area contributed by atoms with E-state index in [1.54, 1.807) is 0 Å². The summed E-state index contributed by atoms with van der Waals surface area (Å²) in [5, 5.41) is 19.0. The van der Waals surface area contributed by atoms with E-state index < -0.39 is 16.9 Å². The molecule has 1 heterocycles. The molecule has 0 fully saturated rings. The standard InChI is InChI=1S/C8H12N4O4/c9-6(7(13)14)2-1-4-11-5-3-10-8(11)12(15)16/h3,5-6H,1-2,4,9H2,(H,13,14)/t6-/m0/s1. The first-order valence-electron chi connectivity index (χ1n) is 4.66. The van der Waals surface area contributed by atoms with Crippen LogP contribution in [0.1, 0.15) is 12.8 Å². The fraction of sp³-hybridized carbons (Fsp3) is 0.500. The Morgan fingerprint density at radius 2 is 2.44 bits per heavy atom. The third-order valence-corrected chi connectivity index (χ3v) is 2.09. The highest BCUT2D eigenvalue weighted by atomic mass is 16.6. The first-order chi connectivity index (χ1) is 7.52. The van der Waals surface area contributed by atoms with Crippen LogP contribution in [-0.2, 0) is 11.3 Å². The van der Waals surface area contributed by atoms with Gasteiger partial charge in [-0.1, -0.05) is 4.98 Å². The summed E-state index contributed by atoms with van der Waals surface area (Å²) < 4.78 is 1.36. The number of carboxylic acid groups (broad SMARTS) is 1. The number of nitrogens with two attached hydrogens (primary N) is 1. The summed E-state index contributed by atoms with van der Waals surface area (Å²) in [6.07, 6.45) is 3.52. The number of carbonyl (C=O) groups is 1. The highest BCUT2D eigenvalue weighted by molar-refractivity contribution is 5.72. The van der Waals surface area contributed by atoms with Crippen molar-refractivity contribution >= 4 is 11.9 Å². The van der Waals surface area contributed by atoms with Gasteiger partial charge in [0.1, 0.15) is 18.4 Å². The molecule has 0 aliphatic rings. The summed E-state index contributed by atoms with van der Waals surface area (Å²) in [7, 11) is 0. The molecule has 3 N–H and O–H groups in total. The number of aliphatic carboxylic acids is 1. The SMILES string of the molecule is N[C@@H](CCCn1ccnc1[N+](=O)[O-])C(=O)O. The lowest BCUT2D eigenvalue weighted by atomic mass is 10.2. The van der Waals surface area contributed by atoms with Gasteiger partial charge in [-0.05, 0) is 17.8 Å². The predicted octanol–water partition coefficient (Wildman–Crippen LogP) is -0.0166. The number of nitrogens with zero attached hydrogens (tertiary/aromatic N) is 3. The lowest BCUT2D eigenvalue weighted by Gasteiger charge is -2.05. The number of hydrogen-bond acceptors (Lipinski definition) is 5. The van der Waals surface area contributed by atoms with Gasteiger partial charge in [0.25, 0.3) is 0 Å². The fourth-order valence-corrected chi connectivity index (χ4v) is 1.25. The highest BCUT2D eigenvalue weighted by Crippen LogP contribution is 2.09. The highest BCUT2D eigenvalue weighted by Gasteiger charge is 2.15. The van der Waals surface area contributed by atoms with Gasteiger partial charge in [-0.3, -0.25) is 4.79 Å². The van der Waals surface area contributed by atoms with Crippen molar-refractivity contribution in [3.63, 3.8) is 0 Å². The van der Waals surface area contributed by atoms with Crippen LogP contribution >= 0.6 is 0 Å². The molecule has 8 heteroatoms. The smallest absolute Gasteiger partial charge is 0.434 e. The van der Waals surface area contributed by atoms with Gasteiger partial charge in [0, 0.05) is 0 Å². The molecule has 0 aliphatic carbocycles. The molecule has 1 aromatic heterocycles. The fourth-order valence-electron chi connectivity index (χ4n) is 1.25. The van der Waals surface area contributed by atoms with Crippen molar-refractivity contribution in [1.29, 1.82) is 0 Å². The molecule has 0 spiro atoms. The molecule has 0 radical (unpaired) electrons. The summed E-state index contributed by atoms with van der Waals surface area (Å²) in [6.45, 7) is 0.331. The maximum Gasteiger partial charge on any atom is 0.434 e. The van der Waals surface area contributed by atoms with Crippen LogP contribution in [-0.4, -0.2) is 31.6 Å². The molecule has 0 bridgehead atoms. The van der Waals surface area contributed by atoms with Gasteiger partial charge in [-0.15, -0.1) is 0 Å². The molecule has 1 atom stereocenters. The second-order valence-electron chi connectivity index (χ2n) is 3.26. The van der Waals surface area contributed by atoms with E-state index in [0.29, 0.717) is 13.0 Å². The molecular weight excluding hydrogens is 216 g/mol. The van der Waals surface area contributed by atoms with Crippen molar-refractivity contribution in [2.45, 2.75) is 25.4 Å². The summed E-state index contributed by atoms with van der Waals surface area (Å²) >= 11 is 0. The first-order valence-corrected chi connectivity index (χ1v) is 4.66. The first kappa shape index (κ1) is 12.1. The zero-order valence-corrected chi connectivity index (χ0v) is 8.44. The van der Waals surface area contributed by atoms with Crippen LogP contribution in [0.2, 0.25) is 0 Å². The average Bonchev–Trinajstić information content (AvgIpc) is 2.65. The van der Waals surface area contributed by atoms with Crippen LogP contribution in [0.3, 0.4) is 0 Å². The third-order valence-electron chi connectivity index (χ3n) is 2.09. The van der Waals surface area contributed by atoms with E-state index in [1.165, 1.54) is 17.0 Å². The van der Waals surface area contributed by atoms with E-state index in [9.17, 15) is 14.9 Å². The van der Waals surface area contributed by atoms with Gasteiger partial charge >= 0.3 is 11.9 Å². The molecular formula is C8H12N4O4. The van der Waals surface area contributed by atoms with Gasteiger partial charge in [0.2, 0.25) is 0 Å². The molecule has 8 nitrogen and oxygen atoms in total. The Balaban J connectivity index is 2.46. The van der Waals surface area contributed by atoms with Crippen LogP contribution in [0.15, 0.2) is 12.4 Å². The van der Waals surface area contributed by atoms with Gasteiger partial charge in [-0.25, -0.2) is 4.57 Å². The third kappa shape index (κ3) is 3.02. The van der Waals surface area contributed by atoms with E-state index in [4.69, 9.17) is 10.8 Å². The Morgan fingerprint density at radius 3 is 3.00 bits per heavy atom. The molecule has 0 aliphatic heterocycles. The maximum atomic E-state index is 10.5. The molecule has 16 heavy (non-hydrogen) atoms. The van der Waals surface area contributed by atoms with Crippen molar-refractivity contribution in [3.05, 3.63) is 22.5 Å². The lowest BCUT2D eigenvalue weighted by Crippen LogP contribution is -2.30. The van der Waals surface area contributed by atoms with Crippen molar-refractivity contribution in [3.8, 4) is 0 Å². The maximum absolute atomic E-state index is 10.5. The Hall–Kier alpha value is -1.96. The van der Waals surface area contributed by atoms with Crippen molar-refractivity contribution in [2.75, 3.05) is 0 Å². The summed E-state index contributed by atoms with van der Waals surface area (Å²) in [6, 6.07) is -0.928. The molecule has 88 valence electrons. The number of aromatic nitrogens is 2. The Bertz CT molecular complexity index is 389. The van der Waals surface area contributed by atoms with Crippen molar-refractivity contribution < 1.29 is 14.8 Å². The zero-order valence-electron chi connectivity index (χ0n) is 8.44. The Labute approximate surface area is 90.8 Å². The normalized spacial score (nSPS) is 12.3. The van der Waals surface area contributed by atoms with Gasteiger partial charge in [0.05, 0.1) is 6.54 Å². The summed E-state index contributed by atoms with van der Waals surface area (Å²) in [5.41, 5.74) is 5.30. The topological polar surface area (TPSA) is 124 Å². The number of nitro groups is 1. The van der Waals surface area contributed by atoms with E-state index in [2.05, 4.69) is 4.98 Å². The molecule has 1 aromatic rings. The second kappa shape index (κ2) is 5.21. The number of rotatable bonds is 6. The van der Waals surface area contributed by atoms with Gasteiger partial charge < -0.3 is 21.0 Å². The molecule has 0 aromatic carbocycles. The Kier molecular flexibility index (Phi) is 3.95. The number of carboxylic acids is 1. The van der Waals surface area contributed by atoms with Gasteiger partial charge in [-0.2, -0.15) is 0 Å². The monoisotopic (exact) mass is 228 g/mol. The van der Waals surface area contributed by atoms with E-state index in [0.717, 1.165) is 0 Å². The molecule has 0 unspecified atom stereocenters. The summed E-state index contributed by atoms with van der Waals surface area (Å²) in [4.78, 5) is 23.9. The number of aryl methyl sites for hydroxylation is 1. The van der Waals surface area contributed by atoms with Gasteiger partial charge in [0.15, 0.2) is 0 Å². The molecule has 0 amide bonds. The minimum absolute atomic E-state index is 0.246. The van der Waals surface area contributed by atoms with Crippen LogP contribution in [0.25, 0.3) is 0 Å². The van der Waals surface area contributed by atoms with E-state index in [1.807, 2.05) is 0 Å². The summed E-state index contributed by atoms with van der Waals surface area (Å²) in [5.74, 6) is -1.32. The number of hydrogen-bond donors (Lipinski definition) is 2. The van der Waals surface area contributed by atoms with Crippen molar-refractivity contribution in [1.82, 2.24) is 9.55 Å². The zero-order chi connectivity index (χ0) is 12.1. The Morgan fingerprint density at radius 1 is 1.75 bits per heavy atom. The lowest BCUT2D eigenvalue weighted by molar-refractivity contribution is -0.396.